The maximum atomic E-state index is 4.14. The third-order valence-electron chi connectivity index (χ3n) is 3.15. The predicted molar refractivity (Wildman–Crippen MR) is 86.0 cm³/mol. The largest absolute Gasteiger partial charge is 0.306 e. The monoisotopic (exact) mass is 315 g/mol. The van der Waals surface area contributed by atoms with Crippen molar-refractivity contribution in [1.82, 2.24) is 5.32 Å². The van der Waals surface area contributed by atoms with Gasteiger partial charge in [0.05, 0.1) is 0 Å². The molecule has 0 aliphatic rings. The Balaban J connectivity index is 1.94. The van der Waals surface area contributed by atoms with Crippen molar-refractivity contribution in [3.8, 4) is 0 Å². The molecule has 0 fully saturated rings. The molecule has 0 aliphatic carbocycles. The van der Waals surface area contributed by atoms with Gasteiger partial charge in [0.2, 0.25) is 0 Å². The van der Waals surface area contributed by atoms with Crippen molar-refractivity contribution in [2.45, 2.75) is 13.0 Å². The van der Waals surface area contributed by atoms with Crippen molar-refractivity contribution in [2.75, 3.05) is 6.54 Å². The molecule has 2 heteroatoms. The van der Waals surface area contributed by atoms with Crippen molar-refractivity contribution in [1.29, 1.82) is 0 Å². The minimum absolute atomic E-state index is 0.304. The fourth-order valence-electron chi connectivity index (χ4n) is 1.95. The highest BCUT2D eigenvalue weighted by Crippen LogP contribution is 2.19. The lowest BCUT2D eigenvalue weighted by Crippen LogP contribution is -2.20. The van der Waals surface area contributed by atoms with Gasteiger partial charge in [-0.05, 0) is 35.8 Å². The predicted octanol–water partition coefficient (Wildman–Crippen LogP) is 4.81. The summed E-state index contributed by atoms with van der Waals surface area (Å²) in [6, 6.07) is 19.0. The average molecular weight is 316 g/mol. The van der Waals surface area contributed by atoms with Crippen LogP contribution in [0.2, 0.25) is 0 Å². The van der Waals surface area contributed by atoms with Crippen LogP contribution in [0.15, 0.2) is 65.6 Å². The number of hydrogen-bond donors (Lipinski definition) is 1. The first-order chi connectivity index (χ1) is 9.16. The van der Waals surface area contributed by atoms with Gasteiger partial charge in [0, 0.05) is 17.1 Å². The summed E-state index contributed by atoms with van der Waals surface area (Å²) < 4.78 is 1.11. The van der Waals surface area contributed by atoms with Crippen LogP contribution in [0, 0.1) is 0 Å². The molecule has 1 nitrogen and oxygen atoms in total. The number of hydrogen-bond acceptors (Lipinski definition) is 1. The topological polar surface area (TPSA) is 12.0 Å². The minimum atomic E-state index is 0.304. The van der Waals surface area contributed by atoms with Crippen LogP contribution in [0.4, 0.5) is 0 Å². The second-order valence-electron chi connectivity index (χ2n) is 4.63. The smallest absolute Gasteiger partial charge is 0.0295 e. The summed E-state index contributed by atoms with van der Waals surface area (Å²) in [4.78, 5) is 0. The normalized spacial score (nSPS) is 12.1. The van der Waals surface area contributed by atoms with Gasteiger partial charge >= 0.3 is 0 Å². The second kappa shape index (κ2) is 6.69. The second-order valence-corrected chi connectivity index (χ2v) is 5.54. The van der Waals surface area contributed by atoms with Gasteiger partial charge < -0.3 is 5.32 Å². The zero-order valence-corrected chi connectivity index (χ0v) is 12.7. The first kappa shape index (κ1) is 14.0. The SMILES string of the molecule is C=C(CN[C@@H](C)c1cccc(Br)c1)c1ccccc1. The molecule has 98 valence electrons. The summed E-state index contributed by atoms with van der Waals surface area (Å²) >= 11 is 3.50. The Hall–Kier alpha value is -1.38. The fraction of sp³-hybridized carbons (Fsp3) is 0.176. The lowest BCUT2D eigenvalue weighted by Gasteiger charge is -2.16. The number of rotatable bonds is 5. The summed E-state index contributed by atoms with van der Waals surface area (Å²) in [7, 11) is 0. The van der Waals surface area contributed by atoms with E-state index in [1.165, 1.54) is 11.1 Å². The molecule has 0 saturated heterocycles. The van der Waals surface area contributed by atoms with E-state index in [0.717, 1.165) is 16.6 Å². The molecule has 2 rings (SSSR count). The lowest BCUT2D eigenvalue weighted by molar-refractivity contribution is 0.622. The van der Waals surface area contributed by atoms with Crippen LogP contribution in [-0.2, 0) is 0 Å². The highest BCUT2D eigenvalue weighted by molar-refractivity contribution is 9.10. The molecular formula is C17H18BrN. The molecule has 1 N–H and O–H groups in total. The van der Waals surface area contributed by atoms with E-state index in [1.807, 2.05) is 24.3 Å². The zero-order chi connectivity index (χ0) is 13.7. The quantitative estimate of drug-likeness (QED) is 0.834. The number of benzene rings is 2. The highest BCUT2D eigenvalue weighted by Gasteiger charge is 2.06. The van der Waals surface area contributed by atoms with Crippen molar-refractivity contribution >= 4 is 21.5 Å². The highest BCUT2D eigenvalue weighted by atomic mass is 79.9. The molecule has 0 unspecified atom stereocenters. The molecule has 0 bridgehead atoms. The Morgan fingerprint density at radius 3 is 2.58 bits per heavy atom. The molecule has 0 saturated carbocycles. The average Bonchev–Trinajstić information content (AvgIpc) is 2.45. The van der Waals surface area contributed by atoms with Gasteiger partial charge in [-0.15, -0.1) is 0 Å². The minimum Gasteiger partial charge on any atom is -0.306 e. The Bertz CT molecular complexity index is 548. The van der Waals surface area contributed by atoms with E-state index in [2.05, 4.69) is 65.1 Å². The molecule has 0 heterocycles. The van der Waals surface area contributed by atoms with Crippen molar-refractivity contribution in [3.63, 3.8) is 0 Å². The third-order valence-corrected chi connectivity index (χ3v) is 3.65. The Labute approximate surface area is 123 Å². The molecule has 0 aliphatic heterocycles. The van der Waals surface area contributed by atoms with Crippen LogP contribution in [0.3, 0.4) is 0 Å². The molecule has 0 spiro atoms. The molecular weight excluding hydrogens is 298 g/mol. The molecule has 1 atom stereocenters. The van der Waals surface area contributed by atoms with E-state index >= 15 is 0 Å². The van der Waals surface area contributed by atoms with Gasteiger partial charge in [-0.25, -0.2) is 0 Å². The Kier molecular flexibility index (Phi) is 4.94. The zero-order valence-electron chi connectivity index (χ0n) is 11.1. The molecule has 0 aromatic heterocycles. The van der Waals surface area contributed by atoms with Crippen molar-refractivity contribution < 1.29 is 0 Å². The summed E-state index contributed by atoms with van der Waals surface area (Å²) in [5.41, 5.74) is 3.58. The number of halogens is 1. The standard InChI is InChI=1S/C17H18BrN/c1-13(15-7-4-3-5-8-15)12-19-14(2)16-9-6-10-17(18)11-16/h3-11,14,19H,1,12H2,2H3/t14-/m0/s1. The van der Waals surface area contributed by atoms with Crippen LogP contribution in [0.5, 0.6) is 0 Å². The van der Waals surface area contributed by atoms with Crippen LogP contribution < -0.4 is 5.32 Å². The summed E-state index contributed by atoms with van der Waals surface area (Å²) in [6.45, 7) is 7.09. The van der Waals surface area contributed by atoms with Gasteiger partial charge in [-0.2, -0.15) is 0 Å². The summed E-state index contributed by atoms with van der Waals surface area (Å²) in [5.74, 6) is 0. The van der Waals surface area contributed by atoms with Gasteiger partial charge in [-0.3, -0.25) is 0 Å². The van der Waals surface area contributed by atoms with Gasteiger partial charge in [0.15, 0.2) is 0 Å². The Morgan fingerprint density at radius 2 is 1.89 bits per heavy atom. The van der Waals surface area contributed by atoms with E-state index in [-0.39, 0.29) is 0 Å². The van der Waals surface area contributed by atoms with Crippen LogP contribution in [-0.4, -0.2) is 6.54 Å². The van der Waals surface area contributed by atoms with Crippen molar-refractivity contribution in [2.24, 2.45) is 0 Å². The van der Waals surface area contributed by atoms with Gasteiger partial charge in [0.25, 0.3) is 0 Å². The van der Waals surface area contributed by atoms with E-state index < -0.39 is 0 Å². The third kappa shape index (κ3) is 4.05. The van der Waals surface area contributed by atoms with E-state index in [4.69, 9.17) is 0 Å². The van der Waals surface area contributed by atoms with E-state index in [9.17, 15) is 0 Å². The maximum Gasteiger partial charge on any atom is 0.0295 e. The van der Waals surface area contributed by atoms with E-state index in [1.54, 1.807) is 0 Å². The fourth-order valence-corrected chi connectivity index (χ4v) is 2.36. The van der Waals surface area contributed by atoms with Gasteiger partial charge in [-0.1, -0.05) is 65.0 Å². The van der Waals surface area contributed by atoms with Crippen LogP contribution in [0.1, 0.15) is 24.1 Å². The van der Waals surface area contributed by atoms with Crippen molar-refractivity contribution in [3.05, 3.63) is 76.8 Å². The molecule has 2 aromatic rings. The maximum absolute atomic E-state index is 4.14. The first-order valence-corrected chi connectivity index (χ1v) is 7.18. The van der Waals surface area contributed by atoms with Crippen LogP contribution >= 0.6 is 15.9 Å². The lowest BCUT2D eigenvalue weighted by atomic mass is 10.1. The molecule has 0 amide bonds. The summed E-state index contributed by atoms with van der Waals surface area (Å²) in [5, 5.41) is 3.50. The van der Waals surface area contributed by atoms with Gasteiger partial charge in [0.1, 0.15) is 0 Å². The summed E-state index contributed by atoms with van der Waals surface area (Å²) in [6.07, 6.45) is 0. The number of nitrogens with one attached hydrogen (secondary N) is 1. The molecule has 2 aromatic carbocycles. The first-order valence-electron chi connectivity index (χ1n) is 6.39. The molecule has 19 heavy (non-hydrogen) atoms. The Morgan fingerprint density at radius 1 is 1.16 bits per heavy atom. The van der Waals surface area contributed by atoms with E-state index in [0.29, 0.717) is 6.04 Å². The molecule has 0 radical (unpaired) electrons. The van der Waals surface area contributed by atoms with Crippen LogP contribution in [0.25, 0.3) is 5.57 Å².